The van der Waals surface area contributed by atoms with Gasteiger partial charge in [-0.05, 0) is 60.7 Å². The number of hydrogen-bond donors (Lipinski definition) is 2. The van der Waals surface area contributed by atoms with Crippen LogP contribution in [-0.2, 0) is 9.53 Å². The maximum Gasteiger partial charge on any atom is 0.231 e. The van der Waals surface area contributed by atoms with E-state index in [1.807, 2.05) is 23.0 Å². The highest BCUT2D eigenvalue weighted by Crippen LogP contribution is 2.37. The van der Waals surface area contributed by atoms with Crippen LogP contribution in [0.25, 0.3) is 21.9 Å². The summed E-state index contributed by atoms with van der Waals surface area (Å²) < 4.78 is 21.2. The van der Waals surface area contributed by atoms with E-state index >= 15 is 0 Å². The molecule has 1 aliphatic carbocycles. The fourth-order valence-corrected chi connectivity index (χ4v) is 4.48. The van der Waals surface area contributed by atoms with Crippen LogP contribution in [-0.4, -0.2) is 33.5 Å². The Morgan fingerprint density at radius 3 is 2.78 bits per heavy atom. The van der Waals surface area contributed by atoms with Gasteiger partial charge in [0, 0.05) is 29.4 Å². The lowest BCUT2D eigenvalue weighted by molar-refractivity contribution is -0.117. The van der Waals surface area contributed by atoms with E-state index in [9.17, 15) is 9.18 Å². The van der Waals surface area contributed by atoms with Crippen LogP contribution in [0.1, 0.15) is 57.4 Å². The number of benzene rings is 1. The normalized spacial score (nSPS) is 22.9. The fourth-order valence-electron chi connectivity index (χ4n) is 4.48. The van der Waals surface area contributed by atoms with Crippen molar-refractivity contribution in [1.29, 1.82) is 0 Å². The first-order valence-corrected chi connectivity index (χ1v) is 11.3. The number of nitrogens with two attached hydrogens (primary N) is 1. The highest BCUT2D eigenvalue weighted by Gasteiger charge is 2.43. The van der Waals surface area contributed by atoms with E-state index in [4.69, 9.17) is 10.5 Å². The summed E-state index contributed by atoms with van der Waals surface area (Å²) in [5.41, 5.74) is 10.1. The molecule has 2 fully saturated rings. The first kappa shape index (κ1) is 20.9. The number of amides is 1. The van der Waals surface area contributed by atoms with Crippen molar-refractivity contribution in [3.63, 3.8) is 0 Å². The SMILES string of the molecule is CC(C)c1c(-c2cc(N)c3cnc(NC(=O)C4CC4F)cc3c2)cnn1C1CCCCO1. The van der Waals surface area contributed by atoms with Crippen molar-refractivity contribution in [2.75, 3.05) is 17.7 Å². The van der Waals surface area contributed by atoms with Gasteiger partial charge in [-0.2, -0.15) is 5.10 Å². The lowest BCUT2D eigenvalue weighted by Gasteiger charge is -2.26. The number of carbonyl (C=O) groups excluding carboxylic acids is 1. The second kappa shape index (κ2) is 8.16. The number of rotatable bonds is 5. The van der Waals surface area contributed by atoms with Gasteiger partial charge >= 0.3 is 0 Å². The number of nitrogens with zero attached hydrogens (tertiary/aromatic N) is 3. The number of pyridine rings is 1. The van der Waals surface area contributed by atoms with Crippen LogP contribution >= 0.6 is 0 Å². The number of aromatic nitrogens is 3. The molecule has 3 N–H and O–H groups in total. The molecule has 32 heavy (non-hydrogen) atoms. The van der Waals surface area contributed by atoms with Crippen LogP contribution in [0, 0.1) is 5.92 Å². The van der Waals surface area contributed by atoms with Crippen LogP contribution in [0.5, 0.6) is 0 Å². The Labute approximate surface area is 186 Å². The number of anilines is 2. The molecule has 0 spiro atoms. The molecule has 5 rings (SSSR count). The van der Waals surface area contributed by atoms with Crippen molar-refractivity contribution in [2.24, 2.45) is 5.92 Å². The molecule has 3 atom stereocenters. The van der Waals surface area contributed by atoms with Gasteiger partial charge in [0.1, 0.15) is 18.2 Å². The highest BCUT2D eigenvalue weighted by atomic mass is 19.1. The summed E-state index contributed by atoms with van der Waals surface area (Å²) in [6, 6.07) is 5.76. The number of halogens is 1. The standard InChI is InChI=1S/C24H28FN5O2/c1-13(2)23-18(12-28-30(23)22-5-3-4-6-32-22)14-7-15-9-21(27-11-17(15)20(26)8-14)29-24(31)16-10-19(16)25/h7-9,11-13,16,19,22H,3-6,10,26H2,1-2H3,(H,27,29,31). The molecule has 1 saturated heterocycles. The first-order valence-electron chi connectivity index (χ1n) is 11.3. The molecule has 2 aliphatic rings. The number of alkyl halides is 1. The molecule has 3 aromatic rings. The topological polar surface area (TPSA) is 95.1 Å². The number of nitrogens with one attached hydrogen (secondary N) is 1. The minimum atomic E-state index is -1.04. The predicted molar refractivity (Wildman–Crippen MR) is 122 cm³/mol. The van der Waals surface area contributed by atoms with Gasteiger partial charge in [-0.25, -0.2) is 14.1 Å². The second-order valence-corrected chi connectivity index (χ2v) is 9.07. The van der Waals surface area contributed by atoms with E-state index < -0.39 is 12.1 Å². The largest absolute Gasteiger partial charge is 0.398 e. The maximum absolute atomic E-state index is 13.2. The summed E-state index contributed by atoms with van der Waals surface area (Å²) >= 11 is 0. The molecule has 3 heterocycles. The van der Waals surface area contributed by atoms with Crippen molar-refractivity contribution in [1.82, 2.24) is 14.8 Å². The van der Waals surface area contributed by atoms with Gasteiger partial charge in [-0.3, -0.25) is 4.79 Å². The van der Waals surface area contributed by atoms with Crippen molar-refractivity contribution in [2.45, 2.75) is 57.8 Å². The van der Waals surface area contributed by atoms with E-state index in [0.717, 1.165) is 53.5 Å². The number of nitrogen functional groups attached to an aromatic ring is 1. The molecule has 0 bridgehead atoms. The molecule has 168 valence electrons. The zero-order chi connectivity index (χ0) is 22.4. The Hall–Kier alpha value is -3.00. The Morgan fingerprint density at radius 2 is 2.09 bits per heavy atom. The van der Waals surface area contributed by atoms with Gasteiger partial charge in [0.05, 0.1) is 17.8 Å². The molecule has 1 aromatic carbocycles. The third-order valence-corrected chi connectivity index (χ3v) is 6.29. The van der Waals surface area contributed by atoms with Crippen LogP contribution in [0.2, 0.25) is 0 Å². The number of fused-ring (bicyclic) bond motifs is 1. The Kier molecular flexibility index (Phi) is 5.33. The summed E-state index contributed by atoms with van der Waals surface area (Å²) in [7, 11) is 0. The molecule has 3 unspecified atom stereocenters. The Morgan fingerprint density at radius 1 is 1.28 bits per heavy atom. The fraction of sp³-hybridized carbons (Fsp3) is 0.458. The van der Waals surface area contributed by atoms with Crippen LogP contribution < -0.4 is 11.1 Å². The number of carbonyl (C=O) groups is 1. The minimum absolute atomic E-state index is 0.0412. The van der Waals surface area contributed by atoms with Gasteiger partial charge in [-0.15, -0.1) is 0 Å². The smallest absolute Gasteiger partial charge is 0.231 e. The van der Waals surface area contributed by atoms with Gasteiger partial charge in [-0.1, -0.05) is 13.8 Å². The van der Waals surface area contributed by atoms with Crippen LogP contribution in [0.15, 0.2) is 30.6 Å². The van der Waals surface area contributed by atoms with Crippen molar-refractivity contribution < 1.29 is 13.9 Å². The zero-order valence-corrected chi connectivity index (χ0v) is 18.3. The lowest BCUT2D eigenvalue weighted by atomic mass is 9.97. The Bertz CT molecular complexity index is 1170. The molecule has 1 aliphatic heterocycles. The molecule has 2 aromatic heterocycles. The number of ether oxygens (including phenoxy) is 1. The quantitative estimate of drug-likeness (QED) is 0.559. The molecule has 1 saturated carbocycles. The predicted octanol–water partition coefficient (Wildman–Crippen LogP) is 4.80. The van der Waals surface area contributed by atoms with Crippen molar-refractivity contribution >= 4 is 28.2 Å². The molecule has 8 heteroatoms. The Balaban J connectivity index is 1.52. The molecule has 1 amide bonds. The second-order valence-electron chi connectivity index (χ2n) is 9.07. The third-order valence-electron chi connectivity index (χ3n) is 6.29. The van der Waals surface area contributed by atoms with Gasteiger partial charge in [0.15, 0.2) is 0 Å². The van der Waals surface area contributed by atoms with E-state index in [1.54, 1.807) is 12.3 Å². The average Bonchev–Trinajstić information content (AvgIpc) is 3.34. The van der Waals surface area contributed by atoms with Crippen molar-refractivity contribution in [3.8, 4) is 11.1 Å². The third kappa shape index (κ3) is 3.83. The lowest BCUT2D eigenvalue weighted by Crippen LogP contribution is -2.21. The van der Waals surface area contributed by atoms with Crippen LogP contribution in [0.4, 0.5) is 15.9 Å². The summed E-state index contributed by atoms with van der Waals surface area (Å²) in [5, 5.41) is 9.06. The molecular weight excluding hydrogens is 409 g/mol. The first-order chi connectivity index (χ1) is 15.4. The van der Waals surface area contributed by atoms with Gasteiger partial charge in [0.25, 0.3) is 0 Å². The molecule has 7 nitrogen and oxygen atoms in total. The summed E-state index contributed by atoms with van der Waals surface area (Å²) in [6.45, 7) is 5.06. The summed E-state index contributed by atoms with van der Waals surface area (Å²) in [4.78, 5) is 16.4. The van der Waals surface area contributed by atoms with Gasteiger partial charge < -0.3 is 15.8 Å². The monoisotopic (exact) mass is 437 g/mol. The van der Waals surface area contributed by atoms with E-state index in [1.165, 1.54) is 0 Å². The average molecular weight is 438 g/mol. The summed E-state index contributed by atoms with van der Waals surface area (Å²) in [5.74, 6) is -0.252. The maximum atomic E-state index is 13.2. The highest BCUT2D eigenvalue weighted by molar-refractivity contribution is 6.00. The minimum Gasteiger partial charge on any atom is -0.398 e. The van der Waals surface area contributed by atoms with Gasteiger partial charge in [0.2, 0.25) is 5.91 Å². The summed E-state index contributed by atoms with van der Waals surface area (Å²) in [6.07, 6.45) is 5.89. The zero-order valence-electron chi connectivity index (χ0n) is 18.3. The number of hydrogen-bond acceptors (Lipinski definition) is 5. The molecular formula is C24H28FN5O2. The van der Waals surface area contributed by atoms with E-state index in [-0.39, 0.29) is 24.5 Å². The van der Waals surface area contributed by atoms with E-state index in [2.05, 4.69) is 29.2 Å². The van der Waals surface area contributed by atoms with Crippen molar-refractivity contribution in [3.05, 3.63) is 36.3 Å². The van der Waals surface area contributed by atoms with Crippen LogP contribution in [0.3, 0.4) is 0 Å². The van der Waals surface area contributed by atoms with E-state index in [0.29, 0.717) is 11.5 Å². The molecule has 0 radical (unpaired) electrons.